The van der Waals surface area contributed by atoms with Gasteiger partial charge in [0.25, 0.3) is 0 Å². The van der Waals surface area contributed by atoms with E-state index < -0.39 is 0 Å². The molecule has 0 bridgehead atoms. The predicted octanol–water partition coefficient (Wildman–Crippen LogP) is 2.72. The number of Topliss-reactive ketones (excluding diaryl/α,β-unsaturated/α-hetero) is 1. The zero-order valence-corrected chi connectivity index (χ0v) is 11.6. The van der Waals surface area contributed by atoms with Gasteiger partial charge in [0.15, 0.2) is 5.78 Å². The van der Waals surface area contributed by atoms with Gasteiger partial charge in [0, 0.05) is 11.2 Å². The summed E-state index contributed by atoms with van der Waals surface area (Å²) in [6.07, 6.45) is 0. The second-order valence-corrected chi connectivity index (χ2v) is 6.44. The summed E-state index contributed by atoms with van der Waals surface area (Å²) >= 11 is 1.86. The minimum atomic E-state index is 0.00222. The van der Waals surface area contributed by atoms with E-state index in [2.05, 4.69) is 26.1 Å². The minimum absolute atomic E-state index is 0.00222. The molecule has 1 N–H and O–H groups in total. The van der Waals surface area contributed by atoms with Gasteiger partial charge in [0.1, 0.15) is 0 Å². The van der Waals surface area contributed by atoms with E-state index in [1.165, 1.54) is 0 Å². The van der Waals surface area contributed by atoms with Crippen molar-refractivity contribution in [1.29, 1.82) is 0 Å². The maximum atomic E-state index is 12.0. The lowest BCUT2D eigenvalue weighted by atomic mass is 9.99. The minimum Gasteiger partial charge on any atom is -0.307 e. The summed E-state index contributed by atoms with van der Waals surface area (Å²) in [5.41, 5.74) is 0. The van der Waals surface area contributed by atoms with Crippen molar-refractivity contribution in [3.05, 3.63) is 0 Å². The molecule has 90 valence electrons. The van der Waals surface area contributed by atoms with Crippen molar-refractivity contribution in [1.82, 2.24) is 5.32 Å². The van der Waals surface area contributed by atoms with Crippen molar-refractivity contribution in [3.8, 4) is 0 Å². The van der Waals surface area contributed by atoms with Crippen LogP contribution in [-0.4, -0.2) is 28.9 Å². The van der Waals surface area contributed by atoms with Crippen molar-refractivity contribution in [2.45, 2.75) is 58.1 Å². The molecule has 0 amide bonds. The molecule has 0 rings (SSSR count). The van der Waals surface area contributed by atoms with Crippen LogP contribution in [0.25, 0.3) is 0 Å². The SMILES string of the molecule is CCNC(C(=O)C(C)C)C(C)SC(C)C. The van der Waals surface area contributed by atoms with Crippen molar-refractivity contribution in [3.63, 3.8) is 0 Å². The number of ketones is 1. The highest BCUT2D eigenvalue weighted by atomic mass is 32.2. The molecular weight excluding hydrogens is 206 g/mol. The number of carbonyl (C=O) groups excluding carboxylic acids is 1. The van der Waals surface area contributed by atoms with E-state index in [9.17, 15) is 4.79 Å². The zero-order valence-electron chi connectivity index (χ0n) is 10.8. The molecule has 0 aliphatic rings. The van der Waals surface area contributed by atoms with Crippen LogP contribution in [0.5, 0.6) is 0 Å². The summed E-state index contributed by atoms with van der Waals surface area (Å²) in [4.78, 5) is 12.0. The van der Waals surface area contributed by atoms with E-state index in [0.29, 0.717) is 16.3 Å². The normalized spacial score (nSPS) is 15.7. The highest BCUT2D eigenvalue weighted by Gasteiger charge is 2.26. The molecule has 2 atom stereocenters. The summed E-state index contributed by atoms with van der Waals surface area (Å²) < 4.78 is 0. The Morgan fingerprint density at radius 1 is 1.20 bits per heavy atom. The largest absolute Gasteiger partial charge is 0.307 e. The standard InChI is InChI=1S/C12H25NOS/c1-7-13-11(12(14)8(2)3)10(6)15-9(4)5/h8-11,13H,7H2,1-6H3. The summed E-state index contributed by atoms with van der Waals surface area (Å²) in [5.74, 6) is 0.446. The van der Waals surface area contributed by atoms with Gasteiger partial charge in [-0.3, -0.25) is 4.79 Å². The third kappa shape index (κ3) is 5.57. The van der Waals surface area contributed by atoms with Crippen molar-refractivity contribution >= 4 is 17.5 Å². The summed E-state index contributed by atoms with van der Waals surface area (Å²) in [5, 5.41) is 4.22. The van der Waals surface area contributed by atoms with Crippen LogP contribution in [0, 0.1) is 5.92 Å². The predicted molar refractivity (Wildman–Crippen MR) is 69.5 cm³/mol. The quantitative estimate of drug-likeness (QED) is 0.730. The summed E-state index contributed by atoms with van der Waals surface area (Å²) in [6, 6.07) is 0.00222. The van der Waals surface area contributed by atoms with Crippen LogP contribution in [0.3, 0.4) is 0 Å². The van der Waals surface area contributed by atoms with Crippen LogP contribution in [0.2, 0.25) is 0 Å². The highest BCUT2D eigenvalue weighted by molar-refractivity contribution is 8.00. The third-order valence-electron chi connectivity index (χ3n) is 2.26. The average Bonchev–Trinajstić information content (AvgIpc) is 2.11. The van der Waals surface area contributed by atoms with Gasteiger partial charge in [0.2, 0.25) is 0 Å². The number of thioether (sulfide) groups is 1. The Morgan fingerprint density at radius 3 is 2.07 bits per heavy atom. The molecule has 0 aromatic heterocycles. The number of hydrogen-bond acceptors (Lipinski definition) is 3. The second-order valence-electron chi connectivity index (χ2n) is 4.48. The Hall–Kier alpha value is -0.0200. The van der Waals surface area contributed by atoms with E-state index >= 15 is 0 Å². The molecule has 0 aromatic carbocycles. The molecule has 0 aliphatic carbocycles. The molecule has 0 heterocycles. The van der Waals surface area contributed by atoms with Gasteiger partial charge < -0.3 is 5.32 Å². The molecule has 0 aromatic rings. The summed E-state index contributed by atoms with van der Waals surface area (Å²) in [7, 11) is 0. The van der Waals surface area contributed by atoms with E-state index in [1.807, 2.05) is 32.5 Å². The monoisotopic (exact) mass is 231 g/mol. The maximum Gasteiger partial charge on any atom is 0.153 e. The first kappa shape index (κ1) is 15.0. The molecule has 2 unspecified atom stereocenters. The average molecular weight is 231 g/mol. The van der Waals surface area contributed by atoms with Gasteiger partial charge >= 0.3 is 0 Å². The topological polar surface area (TPSA) is 29.1 Å². The van der Waals surface area contributed by atoms with E-state index in [0.717, 1.165) is 6.54 Å². The van der Waals surface area contributed by atoms with E-state index in [1.54, 1.807) is 0 Å². The van der Waals surface area contributed by atoms with Gasteiger partial charge in [-0.05, 0) is 11.8 Å². The fourth-order valence-corrected chi connectivity index (χ4v) is 2.83. The smallest absolute Gasteiger partial charge is 0.153 e. The lowest BCUT2D eigenvalue weighted by Gasteiger charge is -2.26. The Balaban J connectivity index is 4.43. The maximum absolute atomic E-state index is 12.0. The van der Waals surface area contributed by atoms with Gasteiger partial charge in [-0.2, -0.15) is 11.8 Å². The number of carbonyl (C=O) groups is 1. The Kier molecular flexibility index (Phi) is 7.28. The van der Waals surface area contributed by atoms with Crippen LogP contribution < -0.4 is 5.32 Å². The van der Waals surface area contributed by atoms with Crippen molar-refractivity contribution in [2.75, 3.05) is 6.54 Å². The molecule has 0 saturated carbocycles. The first-order valence-electron chi connectivity index (χ1n) is 5.82. The molecule has 3 heteroatoms. The Morgan fingerprint density at radius 2 is 1.73 bits per heavy atom. The molecule has 0 radical (unpaired) electrons. The van der Waals surface area contributed by atoms with Crippen LogP contribution in [0.4, 0.5) is 0 Å². The Bertz CT molecular complexity index is 192. The molecular formula is C12H25NOS. The van der Waals surface area contributed by atoms with Gasteiger partial charge in [-0.15, -0.1) is 0 Å². The van der Waals surface area contributed by atoms with Gasteiger partial charge in [0.05, 0.1) is 6.04 Å². The molecule has 15 heavy (non-hydrogen) atoms. The molecule has 2 nitrogen and oxygen atoms in total. The first-order chi connectivity index (χ1) is 6.90. The number of nitrogens with one attached hydrogen (secondary N) is 1. The lowest BCUT2D eigenvalue weighted by Crippen LogP contribution is -2.45. The number of rotatable bonds is 7. The second kappa shape index (κ2) is 7.29. The van der Waals surface area contributed by atoms with Crippen LogP contribution in [0.15, 0.2) is 0 Å². The number of hydrogen-bond donors (Lipinski definition) is 1. The fourth-order valence-electron chi connectivity index (χ4n) is 1.58. The zero-order chi connectivity index (χ0) is 12.0. The van der Waals surface area contributed by atoms with Crippen LogP contribution in [0.1, 0.15) is 41.5 Å². The first-order valence-corrected chi connectivity index (χ1v) is 6.77. The van der Waals surface area contributed by atoms with Gasteiger partial charge in [-0.1, -0.05) is 41.5 Å². The van der Waals surface area contributed by atoms with Crippen molar-refractivity contribution < 1.29 is 4.79 Å². The van der Waals surface area contributed by atoms with E-state index in [-0.39, 0.29) is 12.0 Å². The summed E-state index contributed by atoms with van der Waals surface area (Å²) in [6.45, 7) is 13.3. The fraction of sp³-hybridized carbons (Fsp3) is 0.917. The molecule has 0 aliphatic heterocycles. The third-order valence-corrected chi connectivity index (χ3v) is 3.50. The molecule has 0 fully saturated rings. The van der Waals surface area contributed by atoms with Crippen LogP contribution in [-0.2, 0) is 4.79 Å². The number of likely N-dealkylation sites (N-methyl/N-ethyl adjacent to an activating group) is 1. The highest BCUT2D eigenvalue weighted by Crippen LogP contribution is 2.21. The molecule has 0 spiro atoms. The van der Waals surface area contributed by atoms with Gasteiger partial charge in [-0.25, -0.2) is 0 Å². The van der Waals surface area contributed by atoms with Crippen molar-refractivity contribution in [2.24, 2.45) is 5.92 Å². The van der Waals surface area contributed by atoms with E-state index in [4.69, 9.17) is 0 Å². The Labute approximate surface area is 98.6 Å². The van der Waals surface area contributed by atoms with Crippen LogP contribution >= 0.6 is 11.8 Å². The molecule has 0 saturated heterocycles. The lowest BCUT2D eigenvalue weighted by molar-refractivity contribution is -0.123.